The van der Waals surface area contributed by atoms with Crippen molar-refractivity contribution in [1.29, 1.82) is 5.26 Å². The number of carbonyl (C=O) groups excluding carboxylic acids is 1. The van der Waals surface area contributed by atoms with Gasteiger partial charge in [-0.2, -0.15) is 5.26 Å². The summed E-state index contributed by atoms with van der Waals surface area (Å²) in [6.45, 7) is 1.58. The molecule has 0 aliphatic heterocycles. The van der Waals surface area contributed by atoms with Gasteiger partial charge in [0.15, 0.2) is 0 Å². The largest absolute Gasteiger partial charge is 0.468 e. The highest BCUT2D eigenvalue weighted by Gasteiger charge is 2.21. The minimum absolute atomic E-state index is 0.130. The van der Waals surface area contributed by atoms with Gasteiger partial charge in [0.2, 0.25) is 0 Å². The van der Waals surface area contributed by atoms with Crippen LogP contribution in [0.1, 0.15) is 12.5 Å². The number of benzene rings is 1. The third-order valence-electron chi connectivity index (χ3n) is 2.12. The maximum Gasteiger partial charge on any atom is 0.318 e. The van der Waals surface area contributed by atoms with Crippen LogP contribution in [0.15, 0.2) is 23.1 Å². The summed E-state index contributed by atoms with van der Waals surface area (Å²) in [6.07, 6.45) is 0. The SMILES string of the molecule is COC(=O)C(C)Sc1cc(C#N)ccc1[N+](=O)[O-]. The molecule has 0 spiro atoms. The Morgan fingerprint density at radius 1 is 1.61 bits per heavy atom. The molecule has 0 amide bonds. The van der Waals surface area contributed by atoms with Crippen LogP contribution in [0.4, 0.5) is 5.69 Å². The van der Waals surface area contributed by atoms with Crippen LogP contribution >= 0.6 is 11.8 Å². The van der Waals surface area contributed by atoms with Gasteiger partial charge in [-0.15, -0.1) is 11.8 Å². The van der Waals surface area contributed by atoms with Crippen molar-refractivity contribution in [1.82, 2.24) is 0 Å². The molecule has 0 heterocycles. The lowest BCUT2D eigenvalue weighted by molar-refractivity contribution is -0.387. The van der Waals surface area contributed by atoms with Crippen molar-refractivity contribution in [2.75, 3.05) is 7.11 Å². The maximum absolute atomic E-state index is 11.3. The van der Waals surface area contributed by atoms with Crippen LogP contribution in [0, 0.1) is 21.4 Å². The summed E-state index contributed by atoms with van der Waals surface area (Å²) in [7, 11) is 1.25. The smallest absolute Gasteiger partial charge is 0.318 e. The molecular weight excluding hydrogens is 256 g/mol. The summed E-state index contributed by atoms with van der Waals surface area (Å²) >= 11 is 0.993. The van der Waals surface area contributed by atoms with E-state index in [4.69, 9.17) is 5.26 Å². The highest BCUT2D eigenvalue weighted by Crippen LogP contribution is 2.33. The molecule has 1 aromatic rings. The molecule has 1 aromatic carbocycles. The molecule has 1 atom stereocenters. The van der Waals surface area contributed by atoms with Gasteiger partial charge in [0.05, 0.1) is 28.6 Å². The van der Waals surface area contributed by atoms with Crippen molar-refractivity contribution < 1.29 is 14.5 Å². The van der Waals surface area contributed by atoms with Crippen molar-refractivity contribution in [3.63, 3.8) is 0 Å². The van der Waals surface area contributed by atoms with E-state index in [1.807, 2.05) is 6.07 Å². The fourth-order valence-electron chi connectivity index (χ4n) is 1.23. The van der Waals surface area contributed by atoms with Crippen molar-refractivity contribution in [3.8, 4) is 6.07 Å². The monoisotopic (exact) mass is 266 g/mol. The molecule has 18 heavy (non-hydrogen) atoms. The maximum atomic E-state index is 11.3. The molecule has 0 radical (unpaired) electrons. The molecule has 0 aliphatic carbocycles. The first-order valence-corrected chi connectivity index (χ1v) is 5.80. The Kier molecular flexibility index (Phi) is 4.68. The molecule has 0 aliphatic rings. The zero-order valence-electron chi connectivity index (χ0n) is 9.75. The van der Waals surface area contributed by atoms with E-state index < -0.39 is 16.1 Å². The van der Waals surface area contributed by atoms with Gasteiger partial charge in [-0.3, -0.25) is 14.9 Å². The Hall–Kier alpha value is -2.07. The van der Waals surface area contributed by atoms with Crippen LogP contribution in [-0.2, 0) is 9.53 Å². The Balaban J connectivity index is 3.09. The number of hydrogen-bond acceptors (Lipinski definition) is 6. The van der Waals surface area contributed by atoms with E-state index in [-0.39, 0.29) is 10.6 Å². The summed E-state index contributed by atoms with van der Waals surface area (Å²) < 4.78 is 4.55. The van der Waals surface area contributed by atoms with Crippen molar-refractivity contribution >= 4 is 23.4 Å². The zero-order valence-corrected chi connectivity index (χ0v) is 10.6. The van der Waals surface area contributed by atoms with Crippen LogP contribution in [0.5, 0.6) is 0 Å². The van der Waals surface area contributed by atoms with Crippen LogP contribution in [0.25, 0.3) is 0 Å². The fourth-order valence-corrected chi connectivity index (χ4v) is 2.27. The predicted molar refractivity (Wildman–Crippen MR) is 65.1 cm³/mol. The first-order chi connectivity index (χ1) is 8.49. The molecule has 0 fully saturated rings. The van der Waals surface area contributed by atoms with Crippen LogP contribution in [0.3, 0.4) is 0 Å². The van der Waals surface area contributed by atoms with Crippen LogP contribution in [-0.4, -0.2) is 23.3 Å². The van der Waals surface area contributed by atoms with Gasteiger partial charge in [0, 0.05) is 6.07 Å². The number of nitriles is 1. The standard InChI is InChI=1S/C11H10N2O4S/c1-7(11(14)17-2)18-10-5-8(6-12)3-4-9(10)13(15)16/h3-5,7H,1-2H3. The minimum Gasteiger partial charge on any atom is -0.468 e. The van der Waals surface area contributed by atoms with Crippen molar-refractivity contribution in [2.45, 2.75) is 17.1 Å². The molecule has 0 aromatic heterocycles. The molecule has 0 saturated heterocycles. The van der Waals surface area contributed by atoms with Gasteiger partial charge in [0.25, 0.3) is 5.69 Å². The van der Waals surface area contributed by atoms with E-state index in [1.54, 1.807) is 6.92 Å². The van der Waals surface area contributed by atoms with Gasteiger partial charge in [-0.25, -0.2) is 0 Å². The molecule has 7 heteroatoms. The number of hydrogen-bond donors (Lipinski definition) is 0. The van der Waals surface area contributed by atoms with Gasteiger partial charge in [-0.05, 0) is 19.1 Å². The normalized spacial score (nSPS) is 11.4. The minimum atomic E-state index is -0.581. The second kappa shape index (κ2) is 6.02. The summed E-state index contributed by atoms with van der Waals surface area (Å²) in [4.78, 5) is 21.8. The van der Waals surface area contributed by atoms with Gasteiger partial charge < -0.3 is 4.74 Å². The third-order valence-corrected chi connectivity index (χ3v) is 3.25. The van der Waals surface area contributed by atoms with Gasteiger partial charge in [-0.1, -0.05) is 0 Å². The van der Waals surface area contributed by atoms with E-state index in [0.717, 1.165) is 11.8 Å². The molecule has 6 nitrogen and oxygen atoms in total. The number of thioether (sulfide) groups is 1. The molecule has 0 saturated carbocycles. The third kappa shape index (κ3) is 3.21. The number of esters is 1. The Bertz CT molecular complexity index is 524. The highest BCUT2D eigenvalue weighted by molar-refractivity contribution is 8.00. The van der Waals surface area contributed by atoms with E-state index in [1.165, 1.54) is 25.3 Å². The van der Waals surface area contributed by atoms with Gasteiger partial charge >= 0.3 is 5.97 Å². The molecule has 0 bridgehead atoms. The van der Waals surface area contributed by atoms with Crippen LogP contribution < -0.4 is 0 Å². The highest BCUT2D eigenvalue weighted by atomic mass is 32.2. The fraction of sp³-hybridized carbons (Fsp3) is 0.273. The number of rotatable bonds is 4. The molecule has 0 N–H and O–H groups in total. The average Bonchev–Trinajstić information content (AvgIpc) is 2.37. The van der Waals surface area contributed by atoms with Crippen molar-refractivity contribution in [2.24, 2.45) is 0 Å². The molecule has 94 valence electrons. The lowest BCUT2D eigenvalue weighted by Crippen LogP contribution is -2.14. The number of nitro benzene ring substituents is 1. The number of nitrogens with zero attached hydrogens (tertiary/aromatic N) is 2. The molecule has 1 unspecified atom stereocenters. The number of ether oxygens (including phenoxy) is 1. The Morgan fingerprint density at radius 3 is 2.78 bits per heavy atom. The molecular formula is C11H10N2O4S. The number of nitro groups is 1. The lowest BCUT2D eigenvalue weighted by atomic mass is 10.2. The first kappa shape index (κ1) is 14.0. The molecule has 1 rings (SSSR count). The summed E-state index contributed by atoms with van der Waals surface area (Å²) in [6, 6.07) is 5.91. The van der Waals surface area contributed by atoms with Crippen LogP contribution in [0.2, 0.25) is 0 Å². The summed E-state index contributed by atoms with van der Waals surface area (Å²) in [5.74, 6) is -0.475. The predicted octanol–water partition coefficient (Wildman–Crippen LogP) is 2.12. The second-order valence-corrected chi connectivity index (χ2v) is 4.72. The quantitative estimate of drug-likeness (QED) is 0.358. The lowest BCUT2D eigenvalue weighted by Gasteiger charge is -2.09. The Morgan fingerprint density at radius 2 is 2.28 bits per heavy atom. The first-order valence-electron chi connectivity index (χ1n) is 4.92. The summed E-state index contributed by atoms with van der Waals surface area (Å²) in [5.41, 5.74) is 0.176. The van der Waals surface area contributed by atoms with E-state index >= 15 is 0 Å². The number of methoxy groups -OCH3 is 1. The average molecular weight is 266 g/mol. The zero-order chi connectivity index (χ0) is 13.7. The second-order valence-electron chi connectivity index (χ2n) is 3.33. The van der Waals surface area contributed by atoms with E-state index in [9.17, 15) is 14.9 Å². The van der Waals surface area contributed by atoms with Gasteiger partial charge in [0.1, 0.15) is 5.25 Å². The van der Waals surface area contributed by atoms with E-state index in [0.29, 0.717) is 5.56 Å². The van der Waals surface area contributed by atoms with E-state index in [2.05, 4.69) is 4.74 Å². The van der Waals surface area contributed by atoms with Crippen molar-refractivity contribution in [3.05, 3.63) is 33.9 Å². The topological polar surface area (TPSA) is 93.2 Å². The number of carbonyl (C=O) groups is 1. The Labute approximate surface area is 108 Å². The summed E-state index contributed by atoms with van der Waals surface area (Å²) in [5, 5.41) is 19.0.